The van der Waals surface area contributed by atoms with Crippen LogP contribution in [-0.2, 0) is 6.42 Å². The first kappa shape index (κ1) is 11.6. The van der Waals surface area contributed by atoms with E-state index in [1.54, 1.807) is 6.07 Å². The molecule has 0 aliphatic heterocycles. The maximum atomic E-state index is 11.9. The molecule has 82 valence electrons. The summed E-state index contributed by atoms with van der Waals surface area (Å²) in [6.07, 6.45) is 4.17. The van der Waals surface area contributed by atoms with Gasteiger partial charge in [-0.15, -0.1) is 0 Å². The Bertz CT molecular complexity index is 350. The molecule has 0 radical (unpaired) electrons. The van der Waals surface area contributed by atoms with E-state index in [1.807, 2.05) is 19.9 Å². The van der Waals surface area contributed by atoms with E-state index in [0.717, 1.165) is 12.0 Å². The SMILES string of the molecule is C/C=C(\C)Cc1ccnc(OC(F)F)c1. The number of rotatable bonds is 4. The van der Waals surface area contributed by atoms with Crippen LogP contribution in [0.3, 0.4) is 0 Å². The van der Waals surface area contributed by atoms with Crippen molar-refractivity contribution in [1.29, 1.82) is 0 Å². The molecule has 0 aliphatic rings. The Hall–Kier alpha value is -1.45. The van der Waals surface area contributed by atoms with Crippen LogP contribution in [0, 0.1) is 0 Å². The number of alkyl halides is 2. The van der Waals surface area contributed by atoms with Gasteiger partial charge in [0, 0.05) is 12.3 Å². The second-order valence-corrected chi connectivity index (χ2v) is 3.19. The van der Waals surface area contributed by atoms with E-state index >= 15 is 0 Å². The first-order valence-electron chi connectivity index (χ1n) is 4.63. The molecule has 1 heterocycles. The van der Waals surface area contributed by atoms with Crippen molar-refractivity contribution < 1.29 is 13.5 Å². The maximum Gasteiger partial charge on any atom is 0.388 e. The highest BCUT2D eigenvalue weighted by atomic mass is 19.3. The van der Waals surface area contributed by atoms with Gasteiger partial charge in [0.1, 0.15) is 0 Å². The maximum absolute atomic E-state index is 11.9. The highest BCUT2D eigenvalue weighted by Crippen LogP contribution is 2.14. The van der Waals surface area contributed by atoms with Gasteiger partial charge in [0.15, 0.2) is 0 Å². The van der Waals surface area contributed by atoms with E-state index < -0.39 is 6.61 Å². The largest absolute Gasteiger partial charge is 0.417 e. The average Bonchev–Trinajstić information content (AvgIpc) is 2.17. The van der Waals surface area contributed by atoms with Crippen molar-refractivity contribution in [3.63, 3.8) is 0 Å². The van der Waals surface area contributed by atoms with Crippen molar-refractivity contribution in [2.75, 3.05) is 0 Å². The minimum atomic E-state index is -2.82. The Morgan fingerprint density at radius 3 is 2.93 bits per heavy atom. The van der Waals surface area contributed by atoms with E-state index in [0.29, 0.717) is 0 Å². The Morgan fingerprint density at radius 1 is 1.60 bits per heavy atom. The van der Waals surface area contributed by atoms with Crippen LogP contribution >= 0.6 is 0 Å². The molecule has 15 heavy (non-hydrogen) atoms. The Balaban J connectivity index is 2.74. The Morgan fingerprint density at radius 2 is 2.33 bits per heavy atom. The quantitative estimate of drug-likeness (QED) is 0.716. The van der Waals surface area contributed by atoms with Crippen LogP contribution in [0.5, 0.6) is 5.88 Å². The third-order valence-electron chi connectivity index (χ3n) is 1.98. The summed E-state index contributed by atoms with van der Waals surface area (Å²) in [6, 6.07) is 3.31. The molecule has 0 amide bonds. The Kier molecular flexibility index (Phi) is 4.21. The summed E-state index contributed by atoms with van der Waals surface area (Å²) >= 11 is 0. The van der Waals surface area contributed by atoms with Crippen molar-refractivity contribution in [1.82, 2.24) is 4.98 Å². The molecule has 0 fully saturated rings. The third-order valence-corrected chi connectivity index (χ3v) is 1.98. The van der Waals surface area contributed by atoms with Gasteiger partial charge >= 0.3 is 6.61 Å². The van der Waals surface area contributed by atoms with Gasteiger partial charge in [-0.05, 0) is 31.9 Å². The van der Waals surface area contributed by atoms with Gasteiger partial charge < -0.3 is 4.74 Å². The van der Waals surface area contributed by atoms with E-state index in [-0.39, 0.29) is 5.88 Å². The molecule has 0 N–H and O–H groups in total. The molecular weight excluding hydrogens is 200 g/mol. The lowest BCUT2D eigenvalue weighted by molar-refractivity contribution is -0.0528. The molecule has 0 unspecified atom stereocenters. The number of nitrogens with zero attached hydrogens (tertiary/aromatic N) is 1. The molecule has 0 saturated carbocycles. The fourth-order valence-electron chi connectivity index (χ4n) is 1.14. The van der Waals surface area contributed by atoms with Gasteiger partial charge in [0.2, 0.25) is 5.88 Å². The molecule has 1 aromatic rings. The highest BCUT2D eigenvalue weighted by Gasteiger charge is 2.05. The molecule has 0 aromatic carbocycles. The van der Waals surface area contributed by atoms with Crippen molar-refractivity contribution in [3.05, 3.63) is 35.5 Å². The van der Waals surface area contributed by atoms with E-state index in [9.17, 15) is 8.78 Å². The monoisotopic (exact) mass is 213 g/mol. The minimum Gasteiger partial charge on any atom is -0.417 e. The average molecular weight is 213 g/mol. The van der Waals surface area contributed by atoms with Crippen LogP contribution in [0.4, 0.5) is 8.78 Å². The fourth-order valence-corrected chi connectivity index (χ4v) is 1.14. The van der Waals surface area contributed by atoms with Gasteiger partial charge in [-0.1, -0.05) is 11.6 Å². The van der Waals surface area contributed by atoms with Crippen LogP contribution in [0.15, 0.2) is 30.0 Å². The zero-order chi connectivity index (χ0) is 11.3. The van der Waals surface area contributed by atoms with Gasteiger partial charge in [-0.2, -0.15) is 8.78 Å². The summed E-state index contributed by atoms with van der Waals surface area (Å²) in [4.78, 5) is 3.69. The third kappa shape index (κ3) is 4.06. The topological polar surface area (TPSA) is 22.1 Å². The smallest absolute Gasteiger partial charge is 0.388 e. The zero-order valence-electron chi connectivity index (χ0n) is 8.71. The minimum absolute atomic E-state index is 0.0357. The number of ether oxygens (including phenoxy) is 1. The van der Waals surface area contributed by atoms with Crippen LogP contribution in [0.1, 0.15) is 19.4 Å². The summed E-state index contributed by atoms with van der Waals surface area (Å²) < 4.78 is 28.0. The van der Waals surface area contributed by atoms with Crippen molar-refractivity contribution in [3.8, 4) is 5.88 Å². The molecule has 0 saturated heterocycles. The Labute approximate surface area is 87.6 Å². The van der Waals surface area contributed by atoms with Gasteiger partial charge in [-0.25, -0.2) is 4.98 Å². The molecule has 1 aromatic heterocycles. The number of hydrogen-bond donors (Lipinski definition) is 0. The second kappa shape index (κ2) is 5.44. The molecule has 2 nitrogen and oxygen atoms in total. The normalized spacial score (nSPS) is 11.9. The summed E-state index contributed by atoms with van der Waals surface area (Å²) in [5.41, 5.74) is 2.08. The van der Waals surface area contributed by atoms with Crippen molar-refractivity contribution >= 4 is 0 Å². The van der Waals surface area contributed by atoms with Crippen molar-refractivity contribution in [2.24, 2.45) is 0 Å². The van der Waals surface area contributed by atoms with Crippen LogP contribution in [0.2, 0.25) is 0 Å². The predicted octanol–water partition coefficient (Wildman–Crippen LogP) is 3.19. The summed E-state index contributed by atoms with van der Waals surface area (Å²) in [7, 11) is 0. The van der Waals surface area contributed by atoms with E-state index in [4.69, 9.17) is 0 Å². The number of allylic oxidation sites excluding steroid dienone is 2. The van der Waals surface area contributed by atoms with Gasteiger partial charge in [0.05, 0.1) is 0 Å². The highest BCUT2D eigenvalue weighted by molar-refractivity contribution is 5.24. The first-order chi connectivity index (χ1) is 7.11. The van der Waals surface area contributed by atoms with E-state index in [2.05, 4.69) is 9.72 Å². The van der Waals surface area contributed by atoms with Crippen molar-refractivity contribution in [2.45, 2.75) is 26.9 Å². The molecule has 4 heteroatoms. The first-order valence-corrected chi connectivity index (χ1v) is 4.63. The number of halogens is 2. The molecule has 0 bridgehead atoms. The van der Waals surface area contributed by atoms with Gasteiger partial charge in [0.25, 0.3) is 0 Å². The lowest BCUT2D eigenvalue weighted by Crippen LogP contribution is -2.03. The standard InChI is InChI=1S/C11H13F2NO/c1-3-8(2)6-9-4-5-14-10(7-9)15-11(12)13/h3-5,7,11H,6H2,1-2H3/b8-3+. The fraction of sp³-hybridized carbons (Fsp3) is 0.364. The predicted molar refractivity (Wildman–Crippen MR) is 54.0 cm³/mol. The second-order valence-electron chi connectivity index (χ2n) is 3.19. The molecule has 0 spiro atoms. The number of hydrogen-bond acceptors (Lipinski definition) is 2. The summed E-state index contributed by atoms with van der Waals surface area (Å²) in [5, 5.41) is 0. The lowest BCUT2D eigenvalue weighted by atomic mass is 10.1. The zero-order valence-corrected chi connectivity index (χ0v) is 8.71. The van der Waals surface area contributed by atoms with Crippen LogP contribution in [-0.4, -0.2) is 11.6 Å². The number of aromatic nitrogens is 1. The number of pyridine rings is 1. The summed E-state index contributed by atoms with van der Waals surface area (Å²) in [6.45, 7) is 1.09. The molecule has 0 aliphatic carbocycles. The van der Waals surface area contributed by atoms with Crippen LogP contribution < -0.4 is 4.74 Å². The van der Waals surface area contributed by atoms with Crippen LogP contribution in [0.25, 0.3) is 0 Å². The van der Waals surface area contributed by atoms with Gasteiger partial charge in [-0.3, -0.25) is 0 Å². The molecule has 0 atom stereocenters. The van der Waals surface area contributed by atoms with E-state index in [1.165, 1.54) is 17.8 Å². The molecular formula is C11H13F2NO. The lowest BCUT2D eigenvalue weighted by Gasteiger charge is -2.05. The summed E-state index contributed by atoms with van der Waals surface area (Å²) in [5.74, 6) is -0.0357. The molecule has 1 rings (SSSR count).